The third kappa shape index (κ3) is 6.17. The Hall–Kier alpha value is -3.16. The van der Waals surface area contributed by atoms with Crippen LogP contribution in [0.15, 0.2) is 53.5 Å². The van der Waals surface area contributed by atoms with Gasteiger partial charge in [0.2, 0.25) is 5.91 Å². The summed E-state index contributed by atoms with van der Waals surface area (Å²) in [5.41, 5.74) is 1.66. The molecule has 3 rings (SSSR count). The van der Waals surface area contributed by atoms with Gasteiger partial charge in [0.15, 0.2) is 5.96 Å². The van der Waals surface area contributed by atoms with E-state index < -0.39 is 0 Å². The molecule has 2 N–H and O–H groups in total. The number of amides is 1. The minimum atomic E-state index is -0.342. The number of carbonyl (C=O) groups excluding carboxylic acids is 1. The zero-order chi connectivity index (χ0) is 21.3. The lowest BCUT2D eigenvalue weighted by molar-refractivity contribution is -0.120. The number of piperazine rings is 1. The van der Waals surface area contributed by atoms with Gasteiger partial charge in [-0.2, -0.15) is 0 Å². The van der Waals surface area contributed by atoms with Gasteiger partial charge in [0.25, 0.3) is 0 Å². The van der Waals surface area contributed by atoms with Crippen LogP contribution in [0.3, 0.4) is 0 Å². The summed E-state index contributed by atoms with van der Waals surface area (Å²) >= 11 is 0. The largest absolute Gasteiger partial charge is 0.368 e. The predicted octanol–water partition coefficient (Wildman–Crippen LogP) is 2.02. The van der Waals surface area contributed by atoms with E-state index in [-0.39, 0.29) is 24.0 Å². The molecule has 1 amide bonds. The second kappa shape index (κ2) is 10.6. The molecule has 1 saturated heterocycles. The molecule has 2 aromatic rings. The quantitative estimate of drug-likeness (QED) is 0.431. The van der Waals surface area contributed by atoms with Gasteiger partial charge in [0, 0.05) is 52.0 Å². The van der Waals surface area contributed by atoms with E-state index in [2.05, 4.69) is 25.4 Å². The molecule has 0 atom stereocenters. The first-order valence-electron chi connectivity index (χ1n) is 10.0. The highest BCUT2D eigenvalue weighted by molar-refractivity contribution is 5.80. The van der Waals surface area contributed by atoms with Gasteiger partial charge in [-0.1, -0.05) is 12.1 Å². The highest BCUT2D eigenvalue weighted by atomic mass is 19.1. The summed E-state index contributed by atoms with van der Waals surface area (Å²) in [5.74, 6) is 0.0636. The van der Waals surface area contributed by atoms with Gasteiger partial charge in [-0.05, 0) is 42.0 Å². The number of aliphatic imine (C=N–C) groups is 1. The fraction of sp³-hybridized carbons (Fsp3) is 0.364. The monoisotopic (exact) mass is 415 g/mol. The first-order valence-corrected chi connectivity index (χ1v) is 10.0. The average molecular weight is 415 g/mol. The Bertz CT molecular complexity index is 864. The molecular formula is C22H27F2N5O. The molecule has 2 aromatic carbocycles. The molecular weight excluding hydrogens is 388 g/mol. The van der Waals surface area contributed by atoms with Crippen molar-refractivity contribution in [3.63, 3.8) is 0 Å². The summed E-state index contributed by atoms with van der Waals surface area (Å²) in [6.07, 6.45) is 0.151. The summed E-state index contributed by atoms with van der Waals surface area (Å²) in [7, 11) is 1.73. The molecule has 6 nitrogen and oxygen atoms in total. The number of anilines is 1. The first kappa shape index (κ1) is 21.5. The first-order chi connectivity index (χ1) is 14.5. The van der Waals surface area contributed by atoms with Crippen molar-refractivity contribution in [1.29, 1.82) is 0 Å². The number of nitrogens with zero attached hydrogens (tertiary/aromatic N) is 3. The van der Waals surface area contributed by atoms with Crippen LogP contribution in [0.25, 0.3) is 0 Å². The Kier molecular flexibility index (Phi) is 7.59. The molecule has 160 valence electrons. The summed E-state index contributed by atoms with van der Waals surface area (Å²) < 4.78 is 26.3. The third-order valence-electron chi connectivity index (χ3n) is 4.97. The van der Waals surface area contributed by atoms with Crippen LogP contribution in [0.2, 0.25) is 0 Å². The Morgan fingerprint density at radius 2 is 1.67 bits per heavy atom. The van der Waals surface area contributed by atoms with Gasteiger partial charge in [-0.3, -0.25) is 9.79 Å². The number of benzene rings is 2. The van der Waals surface area contributed by atoms with Gasteiger partial charge >= 0.3 is 0 Å². The zero-order valence-electron chi connectivity index (χ0n) is 17.1. The van der Waals surface area contributed by atoms with Gasteiger partial charge in [0.1, 0.15) is 11.6 Å². The Morgan fingerprint density at radius 1 is 0.967 bits per heavy atom. The van der Waals surface area contributed by atoms with Crippen LogP contribution in [0.4, 0.5) is 14.5 Å². The summed E-state index contributed by atoms with van der Waals surface area (Å²) in [5, 5.41) is 6.09. The van der Waals surface area contributed by atoms with Crippen molar-refractivity contribution in [3.8, 4) is 0 Å². The maximum Gasteiger partial charge on any atom is 0.224 e. The van der Waals surface area contributed by atoms with Crippen molar-refractivity contribution >= 4 is 17.6 Å². The van der Waals surface area contributed by atoms with Crippen molar-refractivity contribution in [2.75, 3.05) is 51.2 Å². The molecule has 30 heavy (non-hydrogen) atoms. The van der Waals surface area contributed by atoms with Gasteiger partial charge < -0.3 is 20.4 Å². The molecule has 0 spiro atoms. The van der Waals surface area contributed by atoms with E-state index in [1.54, 1.807) is 31.3 Å². The fourth-order valence-electron chi connectivity index (χ4n) is 3.43. The minimum Gasteiger partial charge on any atom is -0.368 e. The normalized spacial score (nSPS) is 14.6. The SMILES string of the molecule is CN=C(NCCNC(=O)Cc1cccc(F)c1)N1CCN(c2ccc(F)cc2)CC1. The zero-order valence-corrected chi connectivity index (χ0v) is 17.1. The molecule has 1 heterocycles. The van der Waals surface area contributed by atoms with Crippen LogP contribution in [0.5, 0.6) is 0 Å². The number of hydrogen-bond acceptors (Lipinski definition) is 3. The number of rotatable bonds is 6. The van der Waals surface area contributed by atoms with Crippen molar-refractivity contribution < 1.29 is 13.6 Å². The van der Waals surface area contributed by atoms with Crippen LogP contribution >= 0.6 is 0 Å². The lowest BCUT2D eigenvalue weighted by Gasteiger charge is -2.37. The number of nitrogens with one attached hydrogen (secondary N) is 2. The molecule has 0 bridgehead atoms. The van der Waals surface area contributed by atoms with Crippen LogP contribution < -0.4 is 15.5 Å². The second-order valence-electron chi connectivity index (χ2n) is 7.08. The molecule has 0 saturated carbocycles. The smallest absolute Gasteiger partial charge is 0.224 e. The van der Waals surface area contributed by atoms with Crippen LogP contribution in [-0.2, 0) is 11.2 Å². The lowest BCUT2D eigenvalue weighted by atomic mass is 10.1. The summed E-state index contributed by atoms with van der Waals surface area (Å²) in [6.45, 7) is 4.21. The van der Waals surface area contributed by atoms with E-state index in [1.807, 2.05) is 0 Å². The van der Waals surface area contributed by atoms with Crippen LogP contribution in [0, 0.1) is 11.6 Å². The second-order valence-corrected chi connectivity index (χ2v) is 7.08. The highest BCUT2D eigenvalue weighted by Crippen LogP contribution is 2.16. The van der Waals surface area contributed by atoms with Crippen molar-refractivity contribution in [3.05, 3.63) is 65.7 Å². The molecule has 8 heteroatoms. The van der Waals surface area contributed by atoms with Crippen molar-refractivity contribution in [1.82, 2.24) is 15.5 Å². The molecule has 1 aliphatic rings. The third-order valence-corrected chi connectivity index (χ3v) is 4.97. The van der Waals surface area contributed by atoms with Crippen molar-refractivity contribution in [2.24, 2.45) is 4.99 Å². The van der Waals surface area contributed by atoms with Gasteiger partial charge in [-0.15, -0.1) is 0 Å². The van der Waals surface area contributed by atoms with E-state index in [4.69, 9.17) is 0 Å². The Balaban J connectivity index is 1.37. The van der Waals surface area contributed by atoms with E-state index in [0.717, 1.165) is 37.8 Å². The van der Waals surface area contributed by atoms with E-state index in [0.29, 0.717) is 18.7 Å². The number of carbonyl (C=O) groups is 1. The standard InChI is InChI=1S/C22H27F2N5O/c1-25-22(27-10-9-26-21(30)16-17-3-2-4-19(24)15-17)29-13-11-28(12-14-29)20-7-5-18(23)6-8-20/h2-8,15H,9-14,16H2,1H3,(H,25,27)(H,26,30). The van der Waals surface area contributed by atoms with Gasteiger partial charge in [0.05, 0.1) is 6.42 Å². The molecule has 1 fully saturated rings. The maximum absolute atomic E-state index is 13.2. The lowest BCUT2D eigenvalue weighted by Crippen LogP contribution is -2.53. The molecule has 0 aliphatic carbocycles. The number of guanidine groups is 1. The molecule has 0 unspecified atom stereocenters. The predicted molar refractivity (Wildman–Crippen MR) is 115 cm³/mol. The Morgan fingerprint density at radius 3 is 2.33 bits per heavy atom. The topological polar surface area (TPSA) is 60.0 Å². The van der Waals surface area contributed by atoms with Crippen LogP contribution in [0.1, 0.15) is 5.56 Å². The maximum atomic E-state index is 13.2. The number of hydrogen-bond donors (Lipinski definition) is 2. The van der Waals surface area contributed by atoms with E-state index in [9.17, 15) is 13.6 Å². The van der Waals surface area contributed by atoms with E-state index in [1.165, 1.54) is 24.3 Å². The summed E-state index contributed by atoms with van der Waals surface area (Å²) in [6, 6.07) is 12.6. The highest BCUT2D eigenvalue weighted by Gasteiger charge is 2.19. The summed E-state index contributed by atoms with van der Waals surface area (Å²) in [4.78, 5) is 20.7. The van der Waals surface area contributed by atoms with Crippen molar-refractivity contribution in [2.45, 2.75) is 6.42 Å². The molecule has 0 aromatic heterocycles. The molecule has 0 radical (unpaired) electrons. The minimum absolute atomic E-state index is 0.148. The Labute approximate surface area is 175 Å². The number of halogens is 2. The van der Waals surface area contributed by atoms with Crippen LogP contribution in [-0.4, -0.2) is 63.1 Å². The fourth-order valence-corrected chi connectivity index (χ4v) is 3.43. The molecule has 1 aliphatic heterocycles. The van der Waals surface area contributed by atoms with Gasteiger partial charge in [-0.25, -0.2) is 8.78 Å². The average Bonchev–Trinajstić information content (AvgIpc) is 2.75. The van der Waals surface area contributed by atoms with E-state index >= 15 is 0 Å².